The molecule has 2 N–H and O–H groups in total. The van der Waals surface area contributed by atoms with Gasteiger partial charge in [-0.1, -0.05) is 6.07 Å². The summed E-state index contributed by atoms with van der Waals surface area (Å²) in [5.74, 6) is 2.04. The average Bonchev–Trinajstić information content (AvgIpc) is 2.42. The van der Waals surface area contributed by atoms with Gasteiger partial charge < -0.3 is 15.4 Å². The van der Waals surface area contributed by atoms with Crippen LogP contribution in [-0.4, -0.2) is 32.2 Å². The van der Waals surface area contributed by atoms with Gasteiger partial charge in [-0.05, 0) is 44.4 Å². The molecule has 1 aromatic rings. The van der Waals surface area contributed by atoms with Crippen LogP contribution < -0.4 is 15.4 Å². The Bertz CT molecular complexity index is 396. The highest BCUT2D eigenvalue weighted by Gasteiger charge is 2.18. The summed E-state index contributed by atoms with van der Waals surface area (Å²) in [6.07, 6.45) is 3.30. The van der Waals surface area contributed by atoms with Crippen LogP contribution >= 0.6 is 11.8 Å². The Labute approximate surface area is 121 Å². The average molecular weight is 282 g/mol. The highest BCUT2D eigenvalue weighted by atomic mass is 32.2. The molecule has 0 aromatic heterocycles. The third-order valence-corrected chi connectivity index (χ3v) is 4.14. The lowest BCUT2D eigenvalue weighted by Gasteiger charge is -2.30. The lowest BCUT2D eigenvalue weighted by molar-refractivity contribution is 0.406. The van der Waals surface area contributed by atoms with Gasteiger partial charge in [0.2, 0.25) is 0 Å². The van der Waals surface area contributed by atoms with E-state index in [1.807, 2.05) is 30.8 Å². The van der Waals surface area contributed by atoms with Crippen molar-refractivity contribution in [1.82, 2.24) is 0 Å². The minimum Gasteiger partial charge on any atom is -0.496 e. The van der Waals surface area contributed by atoms with E-state index >= 15 is 0 Å². The summed E-state index contributed by atoms with van der Waals surface area (Å²) < 4.78 is 5.45. The van der Waals surface area contributed by atoms with Gasteiger partial charge in [0.25, 0.3) is 0 Å². The fourth-order valence-corrected chi connectivity index (χ4v) is 2.77. The van der Waals surface area contributed by atoms with Crippen molar-refractivity contribution in [3.63, 3.8) is 0 Å². The Morgan fingerprint density at radius 2 is 2.05 bits per heavy atom. The Morgan fingerprint density at radius 1 is 1.37 bits per heavy atom. The third-order valence-electron chi connectivity index (χ3n) is 3.50. The van der Waals surface area contributed by atoms with E-state index in [9.17, 15) is 0 Å². The molecule has 2 unspecified atom stereocenters. The van der Waals surface area contributed by atoms with Gasteiger partial charge in [0, 0.05) is 30.4 Å². The smallest absolute Gasteiger partial charge is 0.125 e. The molecule has 2 atom stereocenters. The molecule has 0 heterocycles. The van der Waals surface area contributed by atoms with Crippen molar-refractivity contribution < 1.29 is 4.74 Å². The number of hydrogen-bond acceptors (Lipinski definition) is 4. The molecule has 0 fully saturated rings. The van der Waals surface area contributed by atoms with Gasteiger partial charge in [-0.15, -0.1) is 0 Å². The van der Waals surface area contributed by atoms with Gasteiger partial charge in [-0.3, -0.25) is 0 Å². The largest absolute Gasteiger partial charge is 0.496 e. The van der Waals surface area contributed by atoms with E-state index in [1.54, 1.807) is 7.11 Å². The van der Waals surface area contributed by atoms with Crippen LogP contribution in [0.2, 0.25) is 0 Å². The van der Waals surface area contributed by atoms with Crippen LogP contribution in [0.3, 0.4) is 0 Å². The number of thioether (sulfide) groups is 1. The van der Waals surface area contributed by atoms with Gasteiger partial charge in [0.1, 0.15) is 5.75 Å². The number of benzene rings is 1. The summed E-state index contributed by atoms with van der Waals surface area (Å²) in [7, 11) is 3.83. The van der Waals surface area contributed by atoms with Crippen molar-refractivity contribution in [3.05, 3.63) is 23.8 Å². The first-order valence-electron chi connectivity index (χ1n) is 6.67. The van der Waals surface area contributed by atoms with Crippen molar-refractivity contribution in [2.24, 2.45) is 5.73 Å². The van der Waals surface area contributed by atoms with E-state index in [2.05, 4.69) is 31.2 Å². The molecule has 0 aliphatic rings. The Hall–Kier alpha value is -0.870. The Kier molecular flexibility index (Phi) is 6.52. The van der Waals surface area contributed by atoms with Gasteiger partial charge >= 0.3 is 0 Å². The second-order valence-corrected chi connectivity index (χ2v) is 5.91. The molecule has 0 amide bonds. The molecule has 1 aromatic carbocycles. The molecule has 0 bridgehead atoms. The predicted octanol–water partition coefficient (Wildman–Crippen LogP) is 3.29. The number of anilines is 1. The first kappa shape index (κ1) is 16.2. The third kappa shape index (κ3) is 4.05. The molecule has 0 aliphatic carbocycles. The maximum Gasteiger partial charge on any atom is 0.125 e. The van der Waals surface area contributed by atoms with Gasteiger partial charge in [-0.2, -0.15) is 11.8 Å². The Balaban J connectivity index is 3.04. The quantitative estimate of drug-likeness (QED) is 0.833. The topological polar surface area (TPSA) is 38.5 Å². The summed E-state index contributed by atoms with van der Waals surface area (Å²) >= 11 is 1.88. The molecule has 0 saturated carbocycles. The van der Waals surface area contributed by atoms with E-state index in [4.69, 9.17) is 10.5 Å². The summed E-state index contributed by atoms with van der Waals surface area (Å²) in [5.41, 5.74) is 8.37. The molecule has 0 aliphatic heterocycles. The number of ether oxygens (including phenoxy) is 1. The molecule has 19 heavy (non-hydrogen) atoms. The second-order valence-electron chi connectivity index (χ2n) is 4.92. The summed E-state index contributed by atoms with van der Waals surface area (Å²) in [5, 5.41) is 0. The SMILES string of the molecule is COc1cccc(N(C)C(C)CCSC)c1C(C)N. The first-order chi connectivity index (χ1) is 9.02. The van der Waals surface area contributed by atoms with Crippen LogP contribution in [0.5, 0.6) is 5.75 Å². The lowest BCUT2D eigenvalue weighted by Crippen LogP contribution is -2.31. The zero-order chi connectivity index (χ0) is 14.4. The van der Waals surface area contributed by atoms with Crippen molar-refractivity contribution >= 4 is 17.4 Å². The standard InChI is InChI=1S/C15H26N2OS/c1-11(9-10-19-5)17(3)13-7-6-8-14(18-4)15(13)12(2)16/h6-8,11-12H,9-10,16H2,1-5H3. The number of methoxy groups -OCH3 is 1. The molecule has 0 saturated heterocycles. The zero-order valence-corrected chi connectivity index (χ0v) is 13.5. The van der Waals surface area contributed by atoms with E-state index < -0.39 is 0 Å². The Morgan fingerprint density at radius 3 is 2.58 bits per heavy atom. The summed E-state index contributed by atoms with van der Waals surface area (Å²) in [4.78, 5) is 2.30. The fourth-order valence-electron chi connectivity index (χ4n) is 2.20. The van der Waals surface area contributed by atoms with Crippen molar-refractivity contribution in [3.8, 4) is 5.75 Å². The zero-order valence-electron chi connectivity index (χ0n) is 12.6. The van der Waals surface area contributed by atoms with E-state index in [0.29, 0.717) is 6.04 Å². The summed E-state index contributed by atoms with van der Waals surface area (Å²) in [6.45, 7) is 4.25. The van der Waals surface area contributed by atoms with Gasteiger partial charge in [0.15, 0.2) is 0 Å². The maximum absolute atomic E-state index is 6.12. The van der Waals surface area contributed by atoms with Crippen LogP contribution in [-0.2, 0) is 0 Å². The van der Waals surface area contributed by atoms with Crippen LogP contribution in [0.25, 0.3) is 0 Å². The highest BCUT2D eigenvalue weighted by Crippen LogP contribution is 2.34. The van der Waals surface area contributed by atoms with E-state index in [0.717, 1.165) is 17.7 Å². The van der Waals surface area contributed by atoms with Crippen molar-refractivity contribution in [1.29, 1.82) is 0 Å². The summed E-state index contributed by atoms with van der Waals surface area (Å²) in [6, 6.07) is 6.57. The molecule has 0 radical (unpaired) electrons. The van der Waals surface area contributed by atoms with Crippen LogP contribution in [0.15, 0.2) is 18.2 Å². The molecule has 3 nitrogen and oxygen atoms in total. The van der Waals surface area contributed by atoms with Crippen molar-refractivity contribution in [2.75, 3.05) is 31.1 Å². The number of nitrogens with two attached hydrogens (primary N) is 1. The molecular formula is C15H26N2OS. The predicted molar refractivity (Wildman–Crippen MR) is 86.5 cm³/mol. The number of hydrogen-bond donors (Lipinski definition) is 1. The molecule has 0 spiro atoms. The minimum atomic E-state index is -0.0404. The van der Waals surface area contributed by atoms with Crippen molar-refractivity contribution in [2.45, 2.75) is 32.4 Å². The number of nitrogens with zero attached hydrogens (tertiary/aromatic N) is 1. The molecular weight excluding hydrogens is 256 g/mol. The molecule has 108 valence electrons. The van der Waals surface area contributed by atoms with Gasteiger partial charge in [0.05, 0.1) is 7.11 Å². The highest BCUT2D eigenvalue weighted by molar-refractivity contribution is 7.98. The van der Waals surface area contributed by atoms with Crippen LogP contribution in [0.1, 0.15) is 31.9 Å². The van der Waals surface area contributed by atoms with E-state index in [1.165, 1.54) is 11.4 Å². The maximum atomic E-state index is 6.12. The normalized spacial score (nSPS) is 14.0. The first-order valence-corrected chi connectivity index (χ1v) is 8.06. The van der Waals surface area contributed by atoms with Gasteiger partial charge in [-0.25, -0.2) is 0 Å². The van der Waals surface area contributed by atoms with E-state index in [-0.39, 0.29) is 6.04 Å². The van der Waals surface area contributed by atoms with Crippen LogP contribution in [0.4, 0.5) is 5.69 Å². The molecule has 4 heteroatoms. The monoisotopic (exact) mass is 282 g/mol. The second kappa shape index (κ2) is 7.65. The van der Waals surface area contributed by atoms with Crippen LogP contribution in [0, 0.1) is 0 Å². The number of rotatable bonds is 7. The minimum absolute atomic E-state index is 0.0404. The fraction of sp³-hybridized carbons (Fsp3) is 0.600. The lowest BCUT2D eigenvalue weighted by atomic mass is 10.0. The molecule has 1 rings (SSSR count).